The lowest BCUT2D eigenvalue weighted by Crippen LogP contribution is -2.22. The molecule has 1 aromatic rings. The molecule has 0 bridgehead atoms. The molecular weight excluding hydrogens is 254 g/mol. The molecule has 0 aliphatic heterocycles. The van der Waals surface area contributed by atoms with Gasteiger partial charge in [-0.2, -0.15) is 0 Å². The molecule has 0 spiro atoms. The summed E-state index contributed by atoms with van der Waals surface area (Å²) in [6, 6.07) is 8.40. The zero-order valence-electron chi connectivity index (χ0n) is 9.29. The summed E-state index contributed by atoms with van der Waals surface area (Å²) in [6.45, 7) is 4.93. The third-order valence-corrected chi connectivity index (χ3v) is 2.95. The molecule has 1 aromatic carbocycles. The molecule has 0 radical (unpaired) electrons. The third kappa shape index (κ3) is 4.78. The minimum Gasteiger partial charge on any atom is -0.304 e. The smallest absolute Gasteiger partial charge is 0.0730 e. The molecular formula is C12H18BrNO. The number of hydrogen-bond acceptors (Lipinski definition) is 2. The molecule has 0 saturated carbocycles. The van der Waals surface area contributed by atoms with Crippen LogP contribution in [0.1, 0.15) is 25.8 Å². The van der Waals surface area contributed by atoms with E-state index in [4.69, 9.17) is 10.7 Å². The number of hydrogen-bond donors (Lipinski definition) is 1. The quantitative estimate of drug-likeness (QED) is 0.835. The first-order valence-corrected chi connectivity index (χ1v) is 5.89. The summed E-state index contributed by atoms with van der Waals surface area (Å²) in [5.41, 5.74) is 1.48. The Labute approximate surface area is 99.9 Å². The maximum absolute atomic E-state index is 5.10. The first-order valence-electron chi connectivity index (χ1n) is 5.10. The lowest BCUT2D eigenvalue weighted by Gasteiger charge is -2.22. The van der Waals surface area contributed by atoms with Gasteiger partial charge in [0.05, 0.1) is 6.61 Å². The Balaban J connectivity index is 2.49. The van der Waals surface area contributed by atoms with Crippen molar-refractivity contribution in [3.8, 4) is 0 Å². The van der Waals surface area contributed by atoms with Crippen LogP contribution in [0.5, 0.6) is 0 Å². The lowest BCUT2D eigenvalue weighted by atomic mass is 9.87. The van der Waals surface area contributed by atoms with Crippen molar-refractivity contribution in [2.24, 2.45) is 11.3 Å². The van der Waals surface area contributed by atoms with Crippen LogP contribution in [-0.2, 0) is 11.3 Å². The number of halogens is 1. The Morgan fingerprint density at radius 1 is 1.40 bits per heavy atom. The summed E-state index contributed by atoms with van der Waals surface area (Å²) < 4.78 is 1.13. The molecule has 0 saturated heterocycles. The largest absolute Gasteiger partial charge is 0.304 e. The Bertz CT molecular complexity index is 312. The number of aryl methyl sites for hydroxylation is 1. The molecule has 3 heteroatoms. The van der Waals surface area contributed by atoms with Crippen LogP contribution in [0.25, 0.3) is 0 Å². The van der Waals surface area contributed by atoms with Crippen molar-refractivity contribution in [1.82, 2.24) is 0 Å². The molecule has 0 atom stereocenters. The second kappa shape index (κ2) is 5.64. The normalized spacial score (nSPS) is 11.7. The van der Waals surface area contributed by atoms with E-state index in [1.54, 1.807) is 0 Å². The van der Waals surface area contributed by atoms with Gasteiger partial charge in [-0.05, 0) is 36.0 Å². The highest BCUT2D eigenvalue weighted by atomic mass is 79.9. The van der Waals surface area contributed by atoms with Gasteiger partial charge in [0.25, 0.3) is 0 Å². The fraction of sp³-hybridized carbons (Fsp3) is 0.500. The SMILES string of the molecule is CC(C)(CCc1cccc(Br)c1)CON. The molecule has 2 N–H and O–H groups in total. The monoisotopic (exact) mass is 271 g/mol. The van der Waals surface area contributed by atoms with Crippen LogP contribution < -0.4 is 5.90 Å². The maximum Gasteiger partial charge on any atom is 0.0730 e. The predicted molar refractivity (Wildman–Crippen MR) is 66.4 cm³/mol. The summed E-state index contributed by atoms with van der Waals surface area (Å²) in [5.74, 6) is 5.10. The van der Waals surface area contributed by atoms with Gasteiger partial charge in [-0.1, -0.05) is 41.9 Å². The summed E-state index contributed by atoms with van der Waals surface area (Å²) in [5, 5.41) is 0. The fourth-order valence-corrected chi connectivity index (χ4v) is 1.92. The molecule has 0 aliphatic carbocycles. The molecule has 0 aliphatic rings. The molecule has 0 heterocycles. The van der Waals surface area contributed by atoms with Crippen LogP contribution in [0.15, 0.2) is 28.7 Å². The highest BCUT2D eigenvalue weighted by Gasteiger charge is 2.17. The highest BCUT2D eigenvalue weighted by Crippen LogP contribution is 2.23. The van der Waals surface area contributed by atoms with Crippen LogP contribution in [0.2, 0.25) is 0 Å². The van der Waals surface area contributed by atoms with Gasteiger partial charge in [0, 0.05) is 4.47 Å². The van der Waals surface area contributed by atoms with E-state index >= 15 is 0 Å². The van der Waals surface area contributed by atoms with E-state index < -0.39 is 0 Å². The first-order chi connectivity index (χ1) is 7.03. The Hall–Kier alpha value is -0.380. The molecule has 0 aromatic heterocycles. The van der Waals surface area contributed by atoms with Gasteiger partial charge in [-0.15, -0.1) is 0 Å². The van der Waals surface area contributed by atoms with Crippen molar-refractivity contribution in [2.45, 2.75) is 26.7 Å². The molecule has 15 heavy (non-hydrogen) atoms. The van der Waals surface area contributed by atoms with Crippen molar-refractivity contribution < 1.29 is 4.84 Å². The summed E-state index contributed by atoms with van der Waals surface area (Å²) in [4.78, 5) is 4.71. The zero-order valence-corrected chi connectivity index (χ0v) is 10.9. The van der Waals surface area contributed by atoms with Crippen LogP contribution in [0.3, 0.4) is 0 Å². The second-order valence-corrected chi connectivity index (χ2v) is 5.52. The zero-order chi connectivity index (χ0) is 11.3. The van der Waals surface area contributed by atoms with Crippen LogP contribution in [0, 0.1) is 5.41 Å². The van der Waals surface area contributed by atoms with Gasteiger partial charge in [-0.25, -0.2) is 5.90 Å². The molecule has 0 unspecified atom stereocenters. The van der Waals surface area contributed by atoms with E-state index in [-0.39, 0.29) is 5.41 Å². The predicted octanol–water partition coefficient (Wildman–Crippen LogP) is 3.30. The van der Waals surface area contributed by atoms with E-state index in [2.05, 4.69) is 48.0 Å². The van der Waals surface area contributed by atoms with Gasteiger partial charge < -0.3 is 4.84 Å². The van der Waals surface area contributed by atoms with E-state index in [9.17, 15) is 0 Å². The van der Waals surface area contributed by atoms with Crippen molar-refractivity contribution in [2.75, 3.05) is 6.61 Å². The number of nitrogens with two attached hydrogens (primary N) is 1. The minimum atomic E-state index is 0.136. The molecule has 2 nitrogen and oxygen atoms in total. The molecule has 0 amide bonds. The lowest BCUT2D eigenvalue weighted by molar-refractivity contribution is 0.0583. The van der Waals surface area contributed by atoms with E-state index in [0.717, 1.165) is 17.3 Å². The molecule has 84 valence electrons. The average molecular weight is 272 g/mol. The number of benzene rings is 1. The second-order valence-electron chi connectivity index (χ2n) is 4.61. The maximum atomic E-state index is 5.10. The first kappa shape index (κ1) is 12.7. The topological polar surface area (TPSA) is 35.2 Å². The van der Waals surface area contributed by atoms with Crippen molar-refractivity contribution in [3.63, 3.8) is 0 Å². The van der Waals surface area contributed by atoms with E-state index in [0.29, 0.717) is 6.61 Å². The minimum absolute atomic E-state index is 0.136. The standard InChI is InChI=1S/C12H18BrNO/c1-12(2,9-15-14)7-6-10-4-3-5-11(13)8-10/h3-5,8H,6-7,9,14H2,1-2H3. The van der Waals surface area contributed by atoms with Gasteiger partial charge in [0.2, 0.25) is 0 Å². The van der Waals surface area contributed by atoms with E-state index in [1.807, 2.05) is 6.07 Å². The summed E-state index contributed by atoms with van der Waals surface area (Å²) >= 11 is 3.47. The van der Waals surface area contributed by atoms with Crippen molar-refractivity contribution >= 4 is 15.9 Å². The van der Waals surface area contributed by atoms with Crippen LogP contribution in [0.4, 0.5) is 0 Å². The van der Waals surface area contributed by atoms with Gasteiger partial charge in [-0.3, -0.25) is 0 Å². The molecule has 1 rings (SSSR count). The Morgan fingerprint density at radius 2 is 2.13 bits per heavy atom. The number of rotatable bonds is 5. The van der Waals surface area contributed by atoms with Gasteiger partial charge in [0.1, 0.15) is 0 Å². The van der Waals surface area contributed by atoms with Gasteiger partial charge >= 0.3 is 0 Å². The fourth-order valence-electron chi connectivity index (χ4n) is 1.47. The summed E-state index contributed by atoms with van der Waals surface area (Å²) in [7, 11) is 0. The Morgan fingerprint density at radius 3 is 2.73 bits per heavy atom. The van der Waals surface area contributed by atoms with Crippen molar-refractivity contribution in [1.29, 1.82) is 0 Å². The molecule has 0 fully saturated rings. The van der Waals surface area contributed by atoms with Crippen molar-refractivity contribution in [3.05, 3.63) is 34.3 Å². The Kier molecular flexibility index (Phi) is 4.77. The van der Waals surface area contributed by atoms with Gasteiger partial charge in [0.15, 0.2) is 0 Å². The summed E-state index contributed by atoms with van der Waals surface area (Å²) in [6.07, 6.45) is 2.12. The average Bonchev–Trinajstić information content (AvgIpc) is 2.15. The van der Waals surface area contributed by atoms with E-state index in [1.165, 1.54) is 5.56 Å². The van der Waals surface area contributed by atoms with Crippen LogP contribution in [-0.4, -0.2) is 6.61 Å². The third-order valence-electron chi connectivity index (χ3n) is 2.45. The van der Waals surface area contributed by atoms with Crippen LogP contribution >= 0.6 is 15.9 Å². The highest BCUT2D eigenvalue weighted by molar-refractivity contribution is 9.10.